The van der Waals surface area contributed by atoms with Crippen molar-refractivity contribution in [3.8, 4) is 11.5 Å². The molecule has 44 heavy (non-hydrogen) atoms. The molecule has 1 saturated heterocycles. The molecular formula is C32H40N8O3S. The maximum absolute atomic E-state index is 13.7. The van der Waals surface area contributed by atoms with Gasteiger partial charge in [0.05, 0.1) is 43.0 Å². The summed E-state index contributed by atoms with van der Waals surface area (Å²) in [6.45, 7) is 6.50. The van der Waals surface area contributed by atoms with E-state index in [1.807, 2.05) is 10.9 Å². The van der Waals surface area contributed by atoms with Crippen LogP contribution >= 0.6 is 11.3 Å². The van der Waals surface area contributed by atoms with Gasteiger partial charge in [-0.05, 0) is 61.8 Å². The molecule has 3 aliphatic rings. The minimum Gasteiger partial charge on any atom is -0.493 e. The minimum absolute atomic E-state index is 0.0578. The van der Waals surface area contributed by atoms with E-state index in [9.17, 15) is 4.79 Å². The van der Waals surface area contributed by atoms with Crippen molar-refractivity contribution in [1.29, 1.82) is 0 Å². The molecule has 12 heteroatoms. The number of benzene rings is 1. The van der Waals surface area contributed by atoms with E-state index in [2.05, 4.69) is 59.6 Å². The molecule has 4 aromatic rings. The molecule has 2 fully saturated rings. The highest BCUT2D eigenvalue weighted by Crippen LogP contribution is 2.46. The van der Waals surface area contributed by atoms with E-state index in [0.717, 1.165) is 97.2 Å². The SMILES string of the molecule is CCc1nc(Cn2ncc3c(N4CCN(C(=O)[C@H]5CC[C@]6(CC5)NCCc5cc(OC)c(OC)cc56)CC4)ncnc32)cs1. The van der Waals surface area contributed by atoms with Gasteiger partial charge in [-0.25, -0.2) is 19.6 Å². The highest BCUT2D eigenvalue weighted by molar-refractivity contribution is 7.09. The van der Waals surface area contributed by atoms with Crippen molar-refractivity contribution in [2.75, 3.05) is 51.8 Å². The average Bonchev–Trinajstić information content (AvgIpc) is 3.71. The number of aryl methyl sites for hydroxylation is 1. The lowest BCUT2D eigenvalue weighted by Gasteiger charge is -2.46. The predicted octanol–water partition coefficient (Wildman–Crippen LogP) is 3.79. The van der Waals surface area contributed by atoms with E-state index in [1.54, 1.807) is 31.9 Å². The van der Waals surface area contributed by atoms with Crippen LogP contribution in [0.2, 0.25) is 0 Å². The summed E-state index contributed by atoms with van der Waals surface area (Å²) >= 11 is 1.68. The number of fused-ring (bicyclic) bond motifs is 3. The first-order chi connectivity index (χ1) is 21.5. The molecule has 2 aliphatic heterocycles. The molecule has 1 amide bonds. The maximum Gasteiger partial charge on any atom is 0.225 e. The molecule has 232 valence electrons. The van der Waals surface area contributed by atoms with Gasteiger partial charge in [0, 0.05) is 49.6 Å². The monoisotopic (exact) mass is 616 g/mol. The number of methoxy groups -OCH3 is 2. The number of carbonyl (C=O) groups is 1. The largest absolute Gasteiger partial charge is 0.493 e. The summed E-state index contributed by atoms with van der Waals surface area (Å²) in [5, 5.41) is 12.6. The Morgan fingerprint density at radius 2 is 1.86 bits per heavy atom. The molecule has 0 atom stereocenters. The van der Waals surface area contributed by atoms with Crippen LogP contribution in [0.1, 0.15) is 54.4 Å². The van der Waals surface area contributed by atoms with Crippen molar-refractivity contribution in [2.45, 2.75) is 57.5 Å². The first-order valence-corrected chi connectivity index (χ1v) is 16.5. The number of thiazole rings is 1. The van der Waals surface area contributed by atoms with Crippen molar-refractivity contribution in [3.63, 3.8) is 0 Å². The first kappa shape index (κ1) is 29.0. The third-order valence-electron chi connectivity index (χ3n) is 9.69. The van der Waals surface area contributed by atoms with Crippen LogP contribution in [0, 0.1) is 5.92 Å². The molecule has 1 aliphatic carbocycles. The highest BCUT2D eigenvalue weighted by Gasteiger charge is 2.43. The average molecular weight is 617 g/mol. The Balaban J connectivity index is 0.989. The highest BCUT2D eigenvalue weighted by atomic mass is 32.1. The van der Waals surface area contributed by atoms with Crippen molar-refractivity contribution in [1.82, 2.24) is 34.9 Å². The minimum atomic E-state index is -0.108. The van der Waals surface area contributed by atoms with Gasteiger partial charge in [-0.1, -0.05) is 6.92 Å². The van der Waals surface area contributed by atoms with Crippen LogP contribution in [-0.4, -0.2) is 82.5 Å². The van der Waals surface area contributed by atoms with Crippen molar-refractivity contribution in [2.24, 2.45) is 5.92 Å². The topological polar surface area (TPSA) is 111 Å². The van der Waals surface area contributed by atoms with Crippen LogP contribution < -0.4 is 19.7 Å². The fraction of sp³-hybridized carbons (Fsp3) is 0.531. The number of nitrogens with zero attached hydrogens (tertiary/aromatic N) is 7. The van der Waals surface area contributed by atoms with Gasteiger partial charge in [0.2, 0.25) is 5.91 Å². The van der Waals surface area contributed by atoms with Crippen LogP contribution in [0.25, 0.3) is 11.0 Å². The number of aromatic nitrogens is 5. The Morgan fingerprint density at radius 3 is 2.59 bits per heavy atom. The number of rotatable bonds is 7. The lowest BCUT2D eigenvalue weighted by atomic mass is 9.69. The van der Waals surface area contributed by atoms with Gasteiger partial charge in [-0.2, -0.15) is 5.10 Å². The van der Waals surface area contributed by atoms with Crippen molar-refractivity contribution in [3.05, 3.63) is 51.9 Å². The standard InChI is InChI=1S/C32H40N8O3S/c1-4-28-37-23(19-44-28)18-40-30-24(17-36-40)29(33-20-34-30)38-11-13-39(14-12-38)31(41)21-5-8-32(9-6-21)25-16-27(43-3)26(42-2)15-22(25)7-10-35-32/h15-17,19-21,35H,4-14,18H2,1-3H3/t21-,32+. The molecule has 3 aromatic heterocycles. The second-order valence-electron chi connectivity index (χ2n) is 12.0. The number of hydrogen-bond donors (Lipinski definition) is 1. The molecule has 5 heterocycles. The molecule has 11 nitrogen and oxygen atoms in total. The van der Waals surface area contributed by atoms with Crippen LogP contribution in [0.4, 0.5) is 5.82 Å². The van der Waals surface area contributed by atoms with Crippen molar-refractivity contribution < 1.29 is 14.3 Å². The van der Waals surface area contributed by atoms with Crippen molar-refractivity contribution >= 4 is 34.1 Å². The van der Waals surface area contributed by atoms with Gasteiger partial charge in [-0.3, -0.25) is 4.79 Å². The van der Waals surface area contributed by atoms with Crippen LogP contribution in [0.3, 0.4) is 0 Å². The third kappa shape index (κ3) is 5.17. The number of amides is 1. The van der Waals surface area contributed by atoms with E-state index in [-0.39, 0.29) is 11.5 Å². The fourth-order valence-corrected chi connectivity index (χ4v) is 8.03. The zero-order valence-corrected chi connectivity index (χ0v) is 26.5. The lowest BCUT2D eigenvalue weighted by molar-refractivity contribution is -0.137. The summed E-state index contributed by atoms with van der Waals surface area (Å²) in [6.07, 6.45) is 9.02. The number of carbonyl (C=O) groups excluding carboxylic acids is 1. The first-order valence-electron chi connectivity index (χ1n) is 15.7. The smallest absolute Gasteiger partial charge is 0.225 e. The summed E-state index contributed by atoms with van der Waals surface area (Å²) in [4.78, 5) is 31.9. The van der Waals surface area contributed by atoms with Gasteiger partial charge in [0.25, 0.3) is 0 Å². The molecule has 1 saturated carbocycles. The Morgan fingerprint density at radius 1 is 1.09 bits per heavy atom. The second-order valence-corrected chi connectivity index (χ2v) is 13.0. The number of hydrogen-bond acceptors (Lipinski definition) is 10. The number of piperazine rings is 1. The van der Waals surface area contributed by atoms with E-state index in [4.69, 9.17) is 9.47 Å². The molecule has 1 N–H and O–H groups in total. The molecule has 0 bridgehead atoms. The second kappa shape index (κ2) is 12.0. The Hall–Kier alpha value is -3.77. The number of nitrogens with one attached hydrogen (secondary N) is 1. The van der Waals surface area contributed by atoms with Gasteiger partial charge < -0.3 is 24.6 Å². The Labute approximate surface area is 261 Å². The zero-order chi connectivity index (χ0) is 30.3. The van der Waals surface area contributed by atoms with Crippen LogP contribution in [0.15, 0.2) is 30.0 Å². The maximum atomic E-state index is 13.7. The van der Waals surface area contributed by atoms with Gasteiger partial charge >= 0.3 is 0 Å². The summed E-state index contributed by atoms with van der Waals surface area (Å²) < 4.78 is 13.1. The number of ether oxygens (including phenoxy) is 2. The normalized spacial score (nSPS) is 21.9. The van der Waals surface area contributed by atoms with E-state index < -0.39 is 0 Å². The molecule has 0 radical (unpaired) electrons. The molecule has 1 aromatic carbocycles. The van der Waals surface area contributed by atoms with Gasteiger partial charge in [0.15, 0.2) is 17.1 Å². The summed E-state index contributed by atoms with van der Waals surface area (Å²) in [6, 6.07) is 4.28. The Bertz CT molecular complexity index is 1650. The van der Waals surface area contributed by atoms with Crippen LogP contribution in [-0.2, 0) is 29.7 Å². The molecule has 7 rings (SSSR count). The molecule has 1 spiro atoms. The zero-order valence-electron chi connectivity index (χ0n) is 25.7. The quantitative estimate of drug-likeness (QED) is 0.332. The van der Waals surface area contributed by atoms with E-state index in [1.165, 1.54) is 11.1 Å². The Kier molecular flexibility index (Phi) is 7.88. The lowest BCUT2D eigenvalue weighted by Crippen LogP contribution is -2.53. The van der Waals surface area contributed by atoms with E-state index >= 15 is 0 Å². The fourth-order valence-electron chi connectivity index (χ4n) is 7.29. The molecule has 0 unspecified atom stereocenters. The summed E-state index contributed by atoms with van der Waals surface area (Å²) in [5.74, 6) is 2.78. The predicted molar refractivity (Wildman–Crippen MR) is 170 cm³/mol. The van der Waals surface area contributed by atoms with Gasteiger partial charge in [-0.15, -0.1) is 11.3 Å². The molecular weight excluding hydrogens is 576 g/mol. The summed E-state index contributed by atoms with van der Waals surface area (Å²) in [7, 11) is 3.38. The number of anilines is 1. The van der Waals surface area contributed by atoms with Crippen LogP contribution in [0.5, 0.6) is 11.5 Å². The van der Waals surface area contributed by atoms with E-state index in [0.29, 0.717) is 25.5 Å². The van der Waals surface area contributed by atoms with Gasteiger partial charge in [0.1, 0.15) is 12.1 Å². The third-order valence-corrected chi connectivity index (χ3v) is 10.7. The summed E-state index contributed by atoms with van der Waals surface area (Å²) in [5.41, 5.74) is 4.33.